The number of carbonyl (C=O) groups excluding carboxylic acids is 1. The Morgan fingerprint density at radius 1 is 1.27 bits per heavy atom. The fourth-order valence-corrected chi connectivity index (χ4v) is 2.57. The average molecular weight is 301 g/mol. The second-order valence-electron chi connectivity index (χ2n) is 5.30. The molecule has 2 heterocycles. The van der Waals surface area contributed by atoms with Crippen LogP contribution in [0.2, 0.25) is 0 Å². The number of nitrogens with zero attached hydrogens (tertiary/aromatic N) is 3. The summed E-state index contributed by atoms with van der Waals surface area (Å²) in [5, 5.41) is 4.06. The van der Waals surface area contributed by atoms with E-state index in [9.17, 15) is 4.79 Å². The SMILES string of the molecule is CCN(CC)C(=O)C=Cc1cc(C)n(-c2cc(C)on2)c1C. The largest absolute Gasteiger partial charge is 0.360 e. The van der Waals surface area contributed by atoms with Gasteiger partial charge in [-0.05, 0) is 52.3 Å². The Hall–Kier alpha value is -2.30. The number of amides is 1. The number of aromatic nitrogens is 2. The summed E-state index contributed by atoms with van der Waals surface area (Å²) in [5.41, 5.74) is 3.11. The highest BCUT2D eigenvalue weighted by Crippen LogP contribution is 2.21. The third-order valence-electron chi connectivity index (χ3n) is 3.80. The van der Waals surface area contributed by atoms with Gasteiger partial charge in [0.15, 0.2) is 5.82 Å². The van der Waals surface area contributed by atoms with Gasteiger partial charge in [-0.1, -0.05) is 5.16 Å². The molecule has 0 aliphatic rings. The summed E-state index contributed by atoms with van der Waals surface area (Å²) in [6.07, 6.45) is 3.50. The van der Waals surface area contributed by atoms with Gasteiger partial charge in [-0.2, -0.15) is 0 Å². The van der Waals surface area contributed by atoms with E-state index in [2.05, 4.69) is 5.16 Å². The molecule has 0 unspecified atom stereocenters. The standard InChI is InChI=1S/C17H23N3O2/c1-6-19(7-2)17(21)9-8-15-10-12(3)20(14(15)5)16-11-13(4)22-18-16/h8-11H,6-7H2,1-5H3. The first-order chi connectivity index (χ1) is 10.5. The molecule has 5 nitrogen and oxygen atoms in total. The third kappa shape index (κ3) is 3.13. The monoisotopic (exact) mass is 301 g/mol. The van der Waals surface area contributed by atoms with Gasteiger partial charge < -0.3 is 9.42 Å². The molecule has 118 valence electrons. The average Bonchev–Trinajstić information content (AvgIpc) is 3.01. The van der Waals surface area contributed by atoms with Crippen molar-refractivity contribution >= 4 is 12.0 Å². The number of hydrogen-bond acceptors (Lipinski definition) is 3. The molecular weight excluding hydrogens is 278 g/mol. The van der Waals surface area contributed by atoms with Crippen LogP contribution in [0.15, 0.2) is 22.7 Å². The van der Waals surface area contributed by atoms with E-state index in [1.165, 1.54) is 0 Å². The highest BCUT2D eigenvalue weighted by Gasteiger charge is 2.12. The van der Waals surface area contributed by atoms with Crippen molar-refractivity contribution in [1.82, 2.24) is 14.6 Å². The molecule has 0 radical (unpaired) electrons. The van der Waals surface area contributed by atoms with Crippen LogP contribution in [0.5, 0.6) is 0 Å². The highest BCUT2D eigenvalue weighted by atomic mass is 16.5. The molecule has 0 saturated heterocycles. The van der Waals surface area contributed by atoms with E-state index in [1.807, 2.05) is 57.4 Å². The molecule has 1 amide bonds. The molecule has 22 heavy (non-hydrogen) atoms. The highest BCUT2D eigenvalue weighted by molar-refractivity contribution is 5.92. The lowest BCUT2D eigenvalue weighted by atomic mass is 10.2. The zero-order chi connectivity index (χ0) is 16.3. The fraction of sp³-hybridized carbons (Fsp3) is 0.412. The van der Waals surface area contributed by atoms with E-state index >= 15 is 0 Å². The number of likely N-dealkylation sites (N-methyl/N-ethyl adjacent to an activating group) is 1. The molecule has 0 bridgehead atoms. The van der Waals surface area contributed by atoms with Gasteiger partial charge in [-0.3, -0.25) is 9.36 Å². The Labute approximate surface area is 131 Å². The van der Waals surface area contributed by atoms with Crippen molar-refractivity contribution in [1.29, 1.82) is 0 Å². The maximum Gasteiger partial charge on any atom is 0.246 e. The molecular formula is C17H23N3O2. The Bertz CT molecular complexity index is 691. The van der Waals surface area contributed by atoms with E-state index in [1.54, 1.807) is 11.0 Å². The normalized spacial score (nSPS) is 11.3. The molecule has 0 aliphatic carbocycles. The van der Waals surface area contributed by atoms with Gasteiger partial charge in [0, 0.05) is 36.6 Å². The summed E-state index contributed by atoms with van der Waals surface area (Å²) < 4.78 is 7.17. The van der Waals surface area contributed by atoms with Crippen molar-refractivity contribution in [3.05, 3.63) is 40.9 Å². The molecule has 0 fully saturated rings. The topological polar surface area (TPSA) is 51.3 Å². The molecule has 0 atom stereocenters. The van der Waals surface area contributed by atoms with E-state index < -0.39 is 0 Å². The fourth-order valence-electron chi connectivity index (χ4n) is 2.57. The second kappa shape index (κ2) is 6.64. The quantitative estimate of drug-likeness (QED) is 0.796. The minimum Gasteiger partial charge on any atom is -0.360 e. The first-order valence-electron chi connectivity index (χ1n) is 7.57. The maximum atomic E-state index is 12.1. The molecule has 2 rings (SSSR count). The predicted molar refractivity (Wildman–Crippen MR) is 87.0 cm³/mol. The zero-order valence-corrected chi connectivity index (χ0v) is 13.9. The molecule has 0 spiro atoms. The van der Waals surface area contributed by atoms with Crippen LogP contribution >= 0.6 is 0 Å². The van der Waals surface area contributed by atoms with Crippen LogP contribution < -0.4 is 0 Å². The van der Waals surface area contributed by atoms with Crippen LogP contribution in [-0.4, -0.2) is 33.6 Å². The number of carbonyl (C=O) groups is 1. The second-order valence-corrected chi connectivity index (χ2v) is 5.30. The summed E-state index contributed by atoms with van der Waals surface area (Å²) in [4.78, 5) is 13.8. The Morgan fingerprint density at radius 3 is 2.50 bits per heavy atom. The van der Waals surface area contributed by atoms with Crippen LogP contribution in [0.1, 0.15) is 36.6 Å². The number of rotatable bonds is 5. The Balaban J connectivity index is 2.29. The van der Waals surface area contributed by atoms with Crippen LogP contribution in [0, 0.1) is 20.8 Å². The van der Waals surface area contributed by atoms with Crippen LogP contribution in [0.25, 0.3) is 11.9 Å². The summed E-state index contributed by atoms with van der Waals surface area (Å²) in [5.74, 6) is 1.57. The molecule has 5 heteroatoms. The summed E-state index contributed by atoms with van der Waals surface area (Å²) in [6, 6.07) is 3.94. The molecule has 0 N–H and O–H groups in total. The summed E-state index contributed by atoms with van der Waals surface area (Å²) in [6.45, 7) is 11.3. The zero-order valence-electron chi connectivity index (χ0n) is 13.9. The van der Waals surface area contributed by atoms with Gasteiger partial charge in [0.1, 0.15) is 5.76 Å². The smallest absolute Gasteiger partial charge is 0.246 e. The third-order valence-corrected chi connectivity index (χ3v) is 3.80. The van der Waals surface area contributed by atoms with Crippen molar-refractivity contribution in [3.8, 4) is 5.82 Å². The van der Waals surface area contributed by atoms with Gasteiger partial charge in [-0.25, -0.2) is 0 Å². The van der Waals surface area contributed by atoms with Crippen molar-refractivity contribution in [2.75, 3.05) is 13.1 Å². The van der Waals surface area contributed by atoms with Crippen LogP contribution in [0.4, 0.5) is 0 Å². The maximum absolute atomic E-state index is 12.1. The first-order valence-corrected chi connectivity index (χ1v) is 7.57. The molecule has 0 aliphatic heterocycles. The molecule has 0 aromatic carbocycles. The van der Waals surface area contributed by atoms with Crippen molar-refractivity contribution in [2.45, 2.75) is 34.6 Å². The molecule has 2 aromatic rings. The minimum atomic E-state index is 0.0343. The Kier molecular flexibility index (Phi) is 4.85. The minimum absolute atomic E-state index is 0.0343. The van der Waals surface area contributed by atoms with Gasteiger partial charge >= 0.3 is 0 Å². The van der Waals surface area contributed by atoms with E-state index in [-0.39, 0.29) is 5.91 Å². The van der Waals surface area contributed by atoms with E-state index in [0.717, 1.165) is 41.6 Å². The van der Waals surface area contributed by atoms with Crippen LogP contribution in [0.3, 0.4) is 0 Å². The van der Waals surface area contributed by atoms with Gasteiger partial charge in [-0.15, -0.1) is 0 Å². The van der Waals surface area contributed by atoms with Crippen LogP contribution in [-0.2, 0) is 4.79 Å². The van der Waals surface area contributed by atoms with Crippen molar-refractivity contribution < 1.29 is 9.32 Å². The molecule has 2 aromatic heterocycles. The summed E-state index contributed by atoms with van der Waals surface area (Å²) >= 11 is 0. The van der Waals surface area contributed by atoms with Gasteiger partial charge in [0.2, 0.25) is 5.91 Å². The lowest BCUT2D eigenvalue weighted by Crippen LogP contribution is -2.28. The van der Waals surface area contributed by atoms with E-state index in [0.29, 0.717) is 0 Å². The van der Waals surface area contributed by atoms with Gasteiger partial charge in [0.05, 0.1) is 0 Å². The lowest BCUT2D eigenvalue weighted by molar-refractivity contribution is -0.125. The predicted octanol–water partition coefficient (Wildman–Crippen LogP) is 3.27. The van der Waals surface area contributed by atoms with E-state index in [4.69, 9.17) is 4.52 Å². The molecule has 0 saturated carbocycles. The Morgan fingerprint density at radius 2 is 1.95 bits per heavy atom. The lowest BCUT2D eigenvalue weighted by Gasteiger charge is -2.15. The van der Waals surface area contributed by atoms with Gasteiger partial charge in [0.25, 0.3) is 0 Å². The van der Waals surface area contributed by atoms with Crippen molar-refractivity contribution in [3.63, 3.8) is 0 Å². The number of aryl methyl sites for hydroxylation is 2. The van der Waals surface area contributed by atoms with Crippen molar-refractivity contribution in [2.24, 2.45) is 0 Å². The summed E-state index contributed by atoms with van der Waals surface area (Å²) in [7, 11) is 0. The first kappa shape index (κ1) is 16.1. The number of hydrogen-bond donors (Lipinski definition) is 0.